The van der Waals surface area contributed by atoms with Gasteiger partial charge in [0.1, 0.15) is 5.37 Å². The molecule has 2 heterocycles. The van der Waals surface area contributed by atoms with Crippen molar-refractivity contribution in [3.8, 4) is 0 Å². The van der Waals surface area contributed by atoms with Gasteiger partial charge in [-0.25, -0.2) is 4.79 Å². The first kappa shape index (κ1) is 14.5. The van der Waals surface area contributed by atoms with Gasteiger partial charge < -0.3 is 10.2 Å². The summed E-state index contributed by atoms with van der Waals surface area (Å²) in [5.41, 5.74) is 1.97. The molecule has 5 heteroatoms. The number of aryl methyl sites for hydroxylation is 2. The number of nitrogens with one attached hydrogen (secondary N) is 1. The van der Waals surface area contributed by atoms with Crippen molar-refractivity contribution in [1.29, 1.82) is 0 Å². The van der Waals surface area contributed by atoms with E-state index in [-0.39, 0.29) is 11.4 Å². The van der Waals surface area contributed by atoms with Crippen LogP contribution in [0.4, 0.5) is 10.5 Å². The van der Waals surface area contributed by atoms with Gasteiger partial charge in [-0.15, -0.1) is 23.1 Å². The molecule has 1 N–H and O–H groups in total. The first-order chi connectivity index (χ1) is 10.1. The maximum atomic E-state index is 12.6. The number of hydrogen-bond acceptors (Lipinski definition) is 3. The lowest BCUT2D eigenvalue weighted by molar-refractivity contribution is 0.215. The molecule has 1 aliphatic rings. The molecule has 1 aliphatic heterocycles. The zero-order valence-electron chi connectivity index (χ0n) is 12.1. The summed E-state index contributed by atoms with van der Waals surface area (Å²) >= 11 is 3.61. The summed E-state index contributed by atoms with van der Waals surface area (Å²) in [6, 6.07) is 12.1. The van der Waals surface area contributed by atoms with Crippen molar-refractivity contribution in [3.63, 3.8) is 0 Å². The zero-order chi connectivity index (χ0) is 14.8. The van der Waals surface area contributed by atoms with Gasteiger partial charge in [-0.3, -0.25) is 0 Å². The van der Waals surface area contributed by atoms with E-state index >= 15 is 0 Å². The molecule has 2 amide bonds. The molecular weight excluding hydrogens is 300 g/mol. The van der Waals surface area contributed by atoms with Gasteiger partial charge in [-0.1, -0.05) is 18.2 Å². The number of rotatable bonds is 2. The molecule has 0 spiro atoms. The van der Waals surface area contributed by atoms with E-state index in [1.807, 2.05) is 47.9 Å². The maximum absolute atomic E-state index is 12.6. The van der Waals surface area contributed by atoms with Crippen LogP contribution in [0, 0.1) is 13.8 Å². The van der Waals surface area contributed by atoms with Crippen LogP contribution in [-0.2, 0) is 0 Å². The molecule has 110 valence electrons. The highest BCUT2D eigenvalue weighted by atomic mass is 32.2. The number of amides is 2. The van der Waals surface area contributed by atoms with Crippen LogP contribution in [0.15, 0.2) is 36.4 Å². The normalized spacial score (nSPS) is 18.0. The molecule has 1 atom stereocenters. The fraction of sp³-hybridized carbons (Fsp3) is 0.312. The Balaban J connectivity index is 1.76. The van der Waals surface area contributed by atoms with Gasteiger partial charge in [0.05, 0.1) is 0 Å². The van der Waals surface area contributed by atoms with E-state index in [0.29, 0.717) is 0 Å². The van der Waals surface area contributed by atoms with Crippen molar-refractivity contribution < 1.29 is 4.79 Å². The zero-order valence-corrected chi connectivity index (χ0v) is 13.8. The summed E-state index contributed by atoms with van der Waals surface area (Å²) in [5.74, 6) is 0.989. The summed E-state index contributed by atoms with van der Waals surface area (Å²) in [5, 5.41) is 3.18. The molecule has 2 aromatic rings. The van der Waals surface area contributed by atoms with Crippen molar-refractivity contribution >= 4 is 34.8 Å². The third-order valence-electron chi connectivity index (χ3n) is 3.54. The standard InChI is InChI=1S/C16H18N2OS2/c1-11-5-3-4-6-13(11)17-16(19)18-9-10-20-15(18)14-8-7-12(2)21-14/h3-8,15H,9-10H2,1-2H3,(H,17,19). The molecule has 0 radical (unpaired) electrons. The van der Waals surface area contributed by atoms with Gasteiger partial charge in [-0.05, 0) is 37.6 Å². The average molecular weight is 318 g/mol. The molecule has 0 saturated carbocycles. The van der Waals surface area contributed by atoms with Gasteiger partial charge in [0.25, 0.3) is 0 Å². The number of nitrogens with zero attached hydrogens (tertiary/aromatic N) is 1. The van der Waals surface area contributed by atoms with Gasteiger partial charge in [-0.2, -0.15) is 0 Å². The summed E-state index contributed by atoms with van der Waals surface area (Å²) in [7, 11) is 0. The Morgan fingerprint density at radius 2 is 2.05 bits per heavy atom. The SMILES string of the molecule is Cc1ccc(C2SCCN2C(=O)Nc2ccccc2C)s1. The van der Waals surface area contributed by atoms with Crippen LogP contribution < -0.4 is 5.32 Å². The average Bonchev–Trinajstić information content (AvgIpc) is 3.09. The number of carbonyl (C=O) groups excluding carboxylic acids is 1. The van der Waals surface area contributed by atoms with E-state index in [1.54, 1.807) is 11.3 Å². The van der Waals surface area contributed by atoms with E-state index < -0.39 is 0 Å². The minimum Gasteiger partial charge on any atom is -0.308 e. The van der Waals surface area contributed by atoms with E-state index in [2.05, 4.69) is 24.4 Å². The molecule has 0 aliphatic carbocycles. The summed E-state index contributed by atoms with van der Waals surface area (Å²) < 4.78 is 0. The van der Waals surface area contributed by atoms with Crippen LogP contribution in [0.5, 0.6) is 0 Å². The molecular formula is C16H18N2OS2. The van der Waals surface area contributed by atoms with Crippen LogP contribution in [0.2, 0.25) is 0 Å². The largest absolute Gasteiger partial charge is 0.323 e. The molecule has 3 nitrogen and oxygen atoms in total. The second-order valence-corrected chi connectivity index (χ2v) is 7.62. The third kappa shape index (κ3) is 3.09. The van der Waals surface area contributed by atoms with Gasteiger partial charge >= 0.3 is 6.03 Å². The van der Waals surface area contributed by atoms with Crippen LogP contribution >= 0.6 is 23.1 Å². The predicted octanol–water partition coefficient (Wildman–Crippen LogP) is 4.64. The van der Waals surface area contributed by atoms with Crippen LogP contribution in [0.3, 0.4) is 0 Å². The lowest BCUT2D eigenvalue weighted by Gasteiger charge is -2.23. The van der Waals surface area contributed by atoms with Crippen LogP contribution in [0.1, 0.15) is 20.7 Å². The molecule has 1 fully saturated rings. The monoisotopic (exact) mass is 318 g/mol. The minimum absolute atomic E-state index is 0.00893. The third-order valence-corrected chi connectivity index (χ3v) is 5.99. The first-order valence-corrected chi connectivity index (χ1v) is 8.83. The maximum Gasteiger partial charge on any atom is 0.323 e. The number of carbonyl (C=O) groups is 1. The predicted molar refractivity (Wildman–Crippen MR) is 91.2 cm³/mol. The summed E-state index contributed by atoms with van der Waals surface area (Å²) in [6.07, 6.45) is 0. The van der Waals surface area contributed by atoms with Gasteiger partial charge in [0.15, 0.2) is 0 Å². The molecule has 21 heavy (non-hydrogen) atoms. The number of para-hydroxylation sites is 1. The van der Waals surface area contributed by atoms with E-state index in [9.17, 15) is 4.79 Å². The lowest BCUT2D eigenvalue weighted by Crippen LogP contribution is -2.34. The summed E-state index contributed by atoms with van der Waals surface area (Å²) in [4.78, 5) is 17.0. The van der Waals surface area contributed by atoms with Crippen molar-refractivity contribution in [2.24, 2.45) is 0 Å². The van der Waals surface area contributed by atoms with Crippen LogP contribution in [-0.4, -0.2) is 23.2 Å². The number of thioether (sulfide) groups is 1. The van der Waals surface area contributed by atoms with E-state index in [4.69, 9.17) is 0 Å². The summed E-state index contributed by atoms with van der Waals surface area (Å²) in [6.45, 7) is 4.91. The number of anilines is 1. The first-order valence-electron chi connectivity index (χ1n) is 6.96. The number of hydrogen-bond donors (Lipinski definition) is 1. The van der Waals surface area contributed by atoms with E-state index in [0.717, 1.165) is 23.5 Å². The Kier molecular flexibility index (Phi) is 4.22. The van der Waals surface area contributed by atoms with Crippen LogP contribution in [0.25, 0.3) is 0 Å². The molecule has 1 unspecified atom stereocenters. The van der Waals surface area contributed by atoms with Crippen molar-refractivity contribution in [3.05, 3.63) is 51.7 Å². The van der Waals surface area contributed by atoms with Gasteiger partial charge in [0.2, 0.25) is 0 Å². The van der Waals surface area contributed by atoms with E-state index in [1.165, 1.54) is 9.75 Å². The Bertz CT molecular complexity index is 653. The minimum atomic E-state index is -0.00893. The van der Waals surface area contributed by atoms with Crippen molar-refractivity contribution in [2.75, 3.05) is 17.6 Å². The second kappa shape index (κ2) is 6.12. The topological polar surface area (TPSA) is 32.3 Å². The molecule has 0 bridgehead atoms. The quantitative estimate of drug-likeness (QED) is 0.874. The highest BCUT2D eigenvalue weighted by Gasteiger charge is 2.31. The lowest BCUT2D eigenvalue weighted by atomic mass is 10.2. The Morgan fingerprint density at radius 1 is 1.24 bits per heavy atom. The molecule has 1 aromatic heterocycles. The number of urea groups is 1. The molecule has 1 aromatic carbocycles. The Morgan fingerprint density at radius 3 is 2.76 bits per heavy atom. The Hall–Kier alpha value is -1.46. The number of benzene rings is 1. The second-order valence-electron chi connectivity index (χ2n) is 5.11. The smallest absolute Gasteiger partial charge is 0.308 e. The van der Waals surface area contributed by atoms with Gasteiger partial charge in [0, 0.05) is 27.7 Å². The fourth-order valence-electron chi connectivity index (χ4n) is 2.40. The fourth-order valence-corrected chi connectivity index (χ4v) is 4.77. The van der Waals surface area contributed by atoms with Crippen molar-refractivity contribution in [1.82, 2.24) is 4.90 Å². The number of thiophene rings is 1. The molecule has 3 rings (SSSR count). The highest BCUT2D eigenvalue weighted by molar-refractivity contribution is 7.99. The molecule has 1 saturated heterocycles. The van der Waals surface area contributed by atoms with Crippen molar-refractivity contribution in [2.45, 2.75) is 19.2 Å². The highest BCUT2D eigenvalue weighted by Crippen LogP contribution is 2.41. The Labute approximate surface area is 133 Å².